The van der Waals surface area contributed by atoms with Crippen LogP contribution in [0.25, 0.3) is 11.1 Å². The minimum atomic E-state index is -0.628. The Balaban J connectivity index is 1.63. The first-order valence-electron chi connectivity index (χ1n) is 7.37. The van der Waals surface area contributed by atoms with Gasteiger partial charge in [0.2, 0.25) is 5.89 Å². The number of para-hydroxylation sites is 2. The lowest BCUT2D eigenvalue weighted by Crippen LogP contribution is -2.24. The number of aliphatic hydroxyl groups is 1. The highest BCUT2D eigenvalue weighted by Crippen LogP contribution is 2.18. The summed E-state index contributed by atoms with van der Waals surface area (Å²) >= 11 is 0. The maximum Gasteiger partial charge on any atom is 0.209 e. The van der Waals surface area contributed by atoms with E-state index in [1.165, 1.54) is 0 Å². The molecule has 1 atom stereocenters. The smallest absolute Gasteiger partial charge is 0.209 e. The van der Waals surface area contributed by atoms with Gasteiger partial charge in [0.05, 0.1) is 24.3 Å². The van der Waals surface area contributed by atoms with Crippen LogP contribution < -0.4 is 0 Å². The van der Waals surface area contributed by atoms with Crippen molar-refractivity contribution in [3.05, 3.63) is 65.5 Å². The molecule has 0 aliphatic rings. The Hall–Kier alpha value is -2.68. The van der Waals surface area contributed by atoms with Gasteiger partial charge in [0.1, 0.15) is 5.52 Å². The average Bonchev–Trinajstić information content (AvgIpc) is 2.96. The van der Waals surface area contributed by atoms with Crippen molar-refractivity contribution in [3.8, 4) is 6.07 Å². The number of aromatic nitrogens is 1. The van der Waals surface area contributed by atoms with E-state index in [1.807, 2.05) is 36.2 Å². The number of oxazole rings is 1. The Morgan fingerprint density at radius 1 is 1.22 bits per heavy atom. The molecule has 3 rings (SSSR count). The molecule has 0 saturated carbocycles. The number of aliphatic hydroxyl groups excluding tert-OH is 1. The third kappa shape index (κ3) is 3.57. The van der Waals surface area contributed by atoms with Crippen molar-refractivity contribution < 1.29 is 9.52 Å². The first-order chi connectivity index (χ1) is 11.2. The lowest BCUT2D eigenvalue weighted by Gasteiger charge is -2.19. The molecule has 116 valence electrons. The predicted octanol–water partition coefficient (Wildman–Crippen LogP) is 2.86. The summed E-state index contributed by atoms with van der Waals surface area (Å²) in [5.74, 6) is 0.626. The zero-order valence-corrected chi connectivity index (χ0v) is 12.8. The highest BCUT2D eigenvalue weighted by Gasteiger charge is 2.13. The summed E-state index contributed by atoms with van der Waals surface area (Å²) in [5.41, 5.74) is 2.97. The number of nitrogens with zero attached hydrogens (tertiary/aromatic N) is 3. The van der Waals surface area contributed by atoms with E-state index in [0.717, 1.165) is 16.7 Å². The van der Waals surface area contributed by atoms with E-state index in [1.54, 1.807) is 24.3 Å². The van der Waals surface area contributed by atoms with Gasteiger partial charge in [0, 0.05) is 6.54 Å². The van der Waals surface area contributed by atoms with Gasteiger partial charge in [0.25, 0.3) is 0 Å². The Labute approximate surface area is 134 Å². The van der Waals surface area contributed by atoms with Gasteiger partial charge < -0.3 is 9.52 Å². The first-order valence-corrected chi connectivity index (χ1v) is 7.37. The predicted molar refractivity (Wildman–Crippen MR) is 86.5 cm³/mol. The number of nitriles is 1. The summed E-state index contributed by atoms with van der Waals surface area (Å²) in [4.78, 5) is 6.38. The van der Waals surface area contributed by atoms with Crippen LogP contribution in [-0.2, 0) is 6.54 Å². The summed E-state index contributed by atoms with van der Waals surface area (Å²) in [5, 5.41) is 19.1. The van der Waals surface area contributed by atoms with Crippen molar-refractivity contribution in [1.82, 2.24) is 9.88 Å². The molecule has 5 nitrogen and oxygen atoms in total. The number of rotatable bonds is 5. The Morgan fingerprint density at radius 3 is 2.65 bits per heavy atom. The molecule has 0 fully saturated rings. The van der Waals surface area contributed by atoms with Gasteiger partial charge in [-0.1, -0.05) is 24.3 Å². The summed E-state index contributed by atoms with van der Waals surface area (Å²) < 4.78 is 5.69. The van der Waals surface area contributed by atoms with Crippen LogP contribution in [0.1, 0.15) is 23.1 Å². The molecular formula is C18H17N3O2. The van der Waals surface area contributed by atoms with Gasteiger partial charge in [-0.05, 0) is 36.9 Å². The lowest BCUT2D eigenvalue weighted by atomic mass is 10.1. The van der Waals surface area contributed by atoms with Crippen molar-refractivity contribution in [2.75, 3.05) is 13.6 Å². The standard InChI is InChI=1S/C18H17N3O2/c1-21(11-16(22)14-8-6-13(10-19)7-9-14)12-18-20-15-4-2-3-5-17(15)23-18/h2-9,16,22H,11-12H2,1H3. The van der Waals surface area contributed by atoms with E-state index < -0.39 is 6.10 Å². The van der Waals surface area contributed by atoms with Crippen LogP contribution in [0.4, 0.5) is 0 Å². The van der Waals surface area contributed by atoms with Gasteiger partial charge in [0.15, 0.2) is 5.58 Å². The second-order valence-electron chi connectivity index (χ2n) is 5.52. The fraction of sp³-hybridized carbons (Fsp3) is 0.222. The quantitative estimate of drug-likeness (QED) is 0.784. The van der Waals surface area contributed by atoms with Gasteiger partial charge in [-0.25, -0.2) is 4.98 Å². The molecule has 2 aromatic carbocycles. The van der Waals surface area contributed by atoms with Crippen molar-refractivity contribution in [2.24, 2.45) is 0 Å². The van der Waals surface area contributed by atoms with Gasteiger partial charge in [-0.15, -0.1) is 0 Å². The van der Waals surface area contributed by atoms with Crippen LogP contribution in [0.3, 0.4) is 0 Å². The molecule has 0 bridgehead atoms. The molecule has 0 saturated heterocycles. The van der Waals surface area contributed by atoms with Gasteiger partial charge in [-0.3, -0.25) is 4.90 Å². The second-order valence-corrected chi connectivity index (χ2v) is 5.52. The molecule has 0 amide bonds. The van der Waals surface area contributed by atoms with Crippen LogP contribution in [0.5, 0.6) is 0 Å². The van der Waals surface area contributed by atoms with E-state index in [9.17, 15) is 5.11 Å². The minimum absolute atomic E-state index is 0.449. The van der Waals surface area contributed by atoms with E-state index in [-0.39, 0.29) is 0 Å². The van der Waals surface area contributed by atoms with Gasteiger partial charge >= 0.3 is 0 Å². The second kappa shape index (κ2) is 6.61. The molecule has 0 aliphatic heterocycles. The van der Waals surface area contributed by atoms with E-state index in [0.29, 0.717) is 24.5 Å². The molecule has 1 heterocycles. The normalized spacial score (nSPS) is 12.4. The third-order valence-electron chi connectivity index (χ3n) is 3.65. The largest absolute Gasteiger partial charge is 0.439 e. The molecule has 0 aliphatic carbocycles. The van der Waals surface area contributed by atoms with E-state index in [4.69, 9.17) is 9.68 Å². The Bertz CT molecular complexity index is 800. The van der Waals surface area contributed by atoms with Crippen molar-refractivity contribution in [3.63, 3.8) is 0 Å². The Kier molecular flexibility index (Phi) is 4.38. The van der Waals surface area contributed by atoms with Crippen LogP contribution in [0, 0.1) is 11.3 Å². The highest BCUT2D eigenvalue weighted by molar-refractivity contribution is 5.72. The van der Waals surface area contributed by atoms with Crippen LogP contribution >= 0.6 is 0 Å². The first kappa shape index (κ1) is 15.2. The molecule has 5 heteroatoms. The van der Waals surface area contributed by atoms with Crippen LogP contribution in [-0.4, -0.2) is 28.6 Å². The molecule has 1 N–H and O–H groups in total. The number of hydrogen-bond donors (Lipinski definition) is 1. The highest BCUT2D eigenvalue weighted by atomic mass is 16.3. The van der Waals surface area contributed by atoms with Crippen LogP contribution in [0.2, 0.25) is 0 Å². The fourth-order valence-electron chi connectivity index (χ4n) is 2.46. The van der Waals surface area contributed by atoms with Crippen molar-refractivity contribution >= 4 is 11.1 Å². The molecule has 23 heavy (non-hydrogen) atoms. The fourth-order valence-corrected chi connectivity index (χ4v) is 2.46. The molecular weight excluding hydrogens is 290 g/mol. The maximum absolute atomic E-state index is 10.3. The summed E-state index contributed by atoms with van der Waals surface area (Å²) in [7, 11) is 1.90. The minimum Gasteiger partial charge on any atom is -0.439 e. The number of likely N-dealkylation sites (N-methyl/N-ethyl adjacent to an activating group) is 1. The molecule has 0 radical (unpaired) electrons. The molecule has 0 spiro atoms. The van der Waals surface area contributed by atoms with Gasteiger partial charge in [-0.2, -0.15) is 5.26 Å². The average molecular weight is 307 g/mol. The summed E-state index contributed by atoms with van der Waals surface area (Å²) in [6.07, 6.45) is -0.628. The third-order valence-corrected chi connectivity index (χ3v) is 3.65. The number of benzene rings is 2. The maximum atomic E-state index is 10.3. The summed E-state index contributed by atoms with van der Waals surface area (Å²) in [6, 6.07) is 16.7. The Morgan fingerprint density at radius 2 is 1.96 bits per heavy atom. The monoisotopic (exact) mass is 307 g/mol. The molecule has 1 aromatic heterocycles. The zero-order valence-electron chi connectivity index (χ0n) is 12.8. The lowest BCUT2D eigenvalue weighted by molar-refractivity contribution is 0.119. The molecule has 3 aromatic rings. The SMILES string of the molecule is CN(Cc1nc2ccccc2o1)CC(O)c1ccc(C#N)cc1. The van der Waals surface area contributed by atoms with Crippen LogP contribution in [0.15, 0.2) is 52.9 Å². The van der Waals surface area contributed by atoms with Crippen molar-refractivity contribution in [1.29, 1.82) is 5.26 Å². The topological polar surface area (TPSA) is 73.3 Å². The van der Waals surface area contributed by atoms with Crippen molar-refractivity contribution in [2.45, 2.75) is 12.6 Å². The molecule has 1 unspecified atom stereocenters. The van der Waals surface area contributed by atoms with E-state index in [2.05, 4.69) is 11.1 Å². The van der Waals surface area contributed by atoms with E-state index >= 15 is 0 Å². The number of fused-ring (bicyclic) bond motifs is 1. The zero-order chi connectivity index (χ0) is 16.2. The number of hydrogen-bond acceptors (Lipinski definition) is 5. The summed E-state index contributed by atoms with van der Waals surface area (Å²) in [6.45, 7) is 0.965.